The number of sulfone groups is 1. The minimum absolute atomic E-state index is 0.00200. The number of methoxy groups -OCH3 is 1. The Labute approximate surface area is 356 Å². The van der Waals surface area contributed by atoms with Crippen molar-refractivity contribution in [3.8, 4) is 5.75 Å². The van der Waals surface area contributed by atoms with Gasteiger partial charge in [-0.25, -0.2) is 8.42 Å². The van der Waals surface area contributed by atoms with Gasteiger partial charge in [0.15, 0.2) is 46.9 Å². The smallest absolute Gasteiger partial charge is 0.193 e. The van der Waals surface area contributed by atoms with Crippen molar-refractivity contribution in [2.45, 2.75) is 192 Å². The van der Waals surface area contributed by atoms with Gasteiger partial charge in [0.25, 0.3) is 0 Å². The van der Waals surface area contributed by atoms with E-state index in [0.29, 0.717) is 18.6 Å². The van der Waals surface area contributed by atoms with E-state index in [2.05, 4.69) is 109 Å². The first-order valence-electron chi connectivity index (χ1n) is 20.9. The molecule has 0 spiro atoms. The molecule has 9 nitrogen and oxygen atoms in total. The fraction of sp³-hybridized carbons (Fsp3) is 0.711. The maximum absolute atomic E-state index is 15.2. The van der Waals surface area contributed by atoms with Crippen molar-refractivity contribution in [1.29, 1.82) is 0 Å². The molecule has 6 atom stereocenters. The normalized spacial score (nSPS) is 21.0. The lowest BCUT2D eigenvalue weighted by Crippen LogP contribution is -2.56. The van der Waals surface area contributed by atoms with Crippen molar-refractivity contribution in [2.75, 3.05) is 12.9 Å². The summed E-state index contributed by atoms with van der Waals surface area (Å²) in [7, 11) is -9.34. The van der Waals surface area contributed by atoms with Crippen LogP contribution in [0.3, 0.4) is 0 Å². The summed E-state index contributed by atoms with van der Waals surface area (Å²) in [6.45, 7) is 38.7. The number of ketones is 1. The molecular formula is C45H78O9SSi3. The van der Waals surface area contributed by atoms with Crippen molar-refractivity contribution < 1.29 is 40.7 Å². The monoisotopic (exact) mass is 878 g/mol. The van der Waals surface area contributed by atoms with Crippen molar-refractivity contribution in [3.63, 3.8) is 0 Å². The van der Waals surface area contributed by atoms with E-state index in [4.69, 9.17) is 27.5 Å². The summed E-state index contributed by atoms with van der Waals surface area (Å²) in [5, 5.41) is -0.296. The van der Waals surface area contributed by atoms with E-state index in [1.807, 2.05) is 24.3 Å². The zero-order chi connectivity index (χ0) is 44.5. The van der Waals surface area contributed by atoms with E-state index in [-0.39, 0.29) is 43.8 Å². The third-order valence-corrected chi connectivity index (χ3v) is 28.8. The Morgan fingerprint density at radius 3 is 1.69 bits per heavy atom. The lowest BCUT2D eigenvalue weighted by Gasteiger charge is -2.47. The van der Waals surface area contributed by atoms with Gasteiger partial charge in [-0.05, 0) is 85.6 Å². The number of Topliss-reactive ketones (excluding diaryl/α,β-unsaturated/α-hetero) is 1. The van der Waals surface area contributed by atoms with Crippen LogP contribution in [0, 0.1) is 5.41 Å². The number of hydrogen-bond donors (Lipinski definition) is 0. The summed E-state index contributed by atoms with van der Waals surface area (Å²) in [6.07, 6.45) is -2.77. The molecule has 58 heavy (non-hydrogen) atoms. The van der Waals surface area contributed by atoms with Crippen LogP contribution in [0.4, 0.5) is 0 Å². The first-order chi connectivity index (χ1) is 26.1. The highest BCUT2D eigenvalue weighted by Crippen LogP contribution is 2.45. The molecule has 3 rings (SSSR count). The van der Waals surface area contributed by atoms with Crippen molar-refractivity contribution in [2.24, 2.45) is 5.41 Å². The molecule has 0 saturated carbocycles. The lowest BCUT2D eigenvalue weighted by molar-refractivity contribution is -0.266. The van der Waals surface area contributed by atoms with Gasteiger partial charge >= 0.3 is 0 Å². The predicted octanol–water partition coefficient (Wildman–Crippen LogP) is 11.5. The molecule has 0 aromatic heterocycles. The van der Waals surface area contributed by atoms with Crippen LogP contribution in [0.25, 0.3) is 0 Å². The standard InChI is InChI=1S/C45H78O9SSi3/c1-32(52-56(14,15)42(2,3)4)37(53-57(16,17)43(5,6)7)29-35-30-38(51-41(50-35)33-25-27-34(49-13)28-26-33)39(54-58(18,19)44(8,9)10)40(46)45(11,12)31-55(47,48)36-23-21-20-22-24-36/h20-28,32,35,37-39,41H,29-31H2,1-19H3/t32-,35-,37-,38-,39+,41-/m1/s1. The minimum Gasteiger partial charge on any atom is -0.497 e. The van der Waals surface area contributed by atoms with E-state index in [9.17, 15) is 8.42 Å². The maximum atomic E-state index is 15.2. The molecule has 2 aromatic rings. The summed E-state index contributed by atoms with van der Waals surface area (Å²) < 4.78 is 68.2. The van der Waals surface area contributed by atoms with Gasteiger partial charge in [0.1, 0.15) is 11.9 Å². The lowest BCUT2D eigenvalue weighted by atomic mass is 9.84. The van der Waals surface area contributed by atoms with Crippen LogP contribution in [0.2, 0.25) is 54.4 Å². The second-order valence-electron chi connectivity index (χ2n) is 21.6. The van der Waals surface area contributed by atoms with E-state index in [1.165, 1.54) is 0 Å². The van der Waals surface area contributed by atoms with Gasteiger partial charge in [-0.2, -0.15) is 0 Å². The highest BCUT2D eigenvalue weighted by Gasteiger charge is 2.51. The van der Waals surface area contributed by atoms with Crippen molar-refractivity contribution in [1.82, 2.24) is 0 Å². The molecule has 0 bridgehead atoms. The first kappa shape index (κ1) is 50.7. The molecule has 0 aliphatic carbocycles. The third kappa shape index (κ3) is 12.7. The molecule has 1 fully saturated rings. The fourth-order valence-electron chi connectivity index (χ4n) is 6.30. The van der Waals surface area contributed by atoms with Gasteiger partial charge in [0, 0.05) is 23.8 Å². The summed E-state index contributed by atoms with van der Waals surface area (Å²) in [5.41, 5.74) is -0.541. The molecular weight excluding hydrogens is 801 g/mol. The zero-order valence-electron chi connectivity index (χ0n) is 39.4. The third-order valence-electron chi connectivity index (χ3n) is 13.2. The van der Waals surface area contributed by atoms with Crippen LogP contribution in [0.1, 0.15) is 108 Å². The number of rotatable bonds is 17. The molecule has 1 aliphatic rings. The Morgan fingerprint density at radius 1 is 0.724 bits per heavy atom. The van der Waals surface area contributed by atoms with Crippen LogP contribution in [-0.2, 0) is 37.4 Å². The second-order valence-corrected chi connectivity index (χ2v) is 37.9. The highest BCUT2D eigenvalue weighted by molar-refractivity contribution is 7.91. The number of ether oxygens (including phenoxy) is 3. The largest absolute Gasteiger partial charge is 0.497 e. The molecule has 2 aromatic carbocycles. The van der Waals surface area contributed by atoms with Crippen molar-refractivity contribution in [3.05, 3.63) is 60.2 Å². The summed E-state index contributed by atoms with van der Waals surface area (Å²) >= 11 is 0. The van der Waals surface area contributed by atoms with E-state index >= 15 is 4.79 Å². The van der Waals surface area contributed by atoms with Crippen LogP contribution < -0.4 is 4.74 Å². The average Bonchev–Trinajstić information content (AvgIpc) is 3.08. The van der Waals surface area contributed by atoms with E-state index in [0.717, 1.165) is 5.56 Å². The average molecular weight is 879 g/mol. The van der Waals surface area contributed by atoms with Gasteiger partial charge in [0.05, 0.1) is 42.2 Å². The van der Waals surface area contributed by atoms with Gasteiger partial charge in [-0.3, -0.25) is 4.79 Å². The number of hydrogen-bond acceptors (Lipinski definition) is 9. The molecule has 1 aliphatic heterocycles. The van der Waals surface area contributed by atoms with E-state index < -0.39 is 64.8 Å². The molecule has 0 N–H and O–H groups in total. The summed E-state index contributed by atoms with van der Waals surface area (Å²) in [6, 6.07) is 15.9. The van der Waals surface area contributed by atoms with Crippen LogP contribution >= 0.6 is 0 Å². The Kier molecular flexibility index (Phi) is 16.0. The maximum Gasteiger partial charge on any atom is 0.193 e. The molecule has 0 radical (unpaired) electrons. The Hall–Kier alpha value is -1.69. The minimum atomic E-state index is -3.82. The topological polar surface area (TPSA) is 107 Å². The molecule has 1 saturated heterocycles. The van der Waals surface area contributed by atoms with Crippen molar-refractivity contribution >= 4 is 40.6 Å². The first-order valence-corrected chi connectivity index (χ1v) is 31.3. The summed E-state index contributed by atoms with van der Waals surface area (Å²) in [5.74, 6) is 0.0157. The van der Waals surface area contributed by atoms with E-state index in [1.54, 1.807) is 51.3 Å². The van der Waals surface area contributed by atoms with Gasteiger partial charge in [-0.15, -0.1) is 0 Å². The molecule has 0 amide bonds. The fourth-order valence-corrected chi connectivity index (χ4v) is 12.2. The Bertz CT molecular complexity index is 1760. The molecule has 1 heterocycles. The summed E-state index contributed by atoms with van der Waals surface area (Å²) in [4.78, 5) is 15.3. The number of carbonyl (C=O) groups excluding carboxylic acids is 1. The van der Waals surface area contributed by atoms with Crippen LogP contribution in [0.15, 0.2) is 59.5 Å². The Balaban J connectivity index is 2.18. The SMILES string of the molecule is COc1ccc([C@@H]2O[C@H](C[C@@H](O[Si](C)(C)C(C)(C)C)[C@@H](C)O[Si](C)(C)C(C)(C)C)C[C@H]([C@H](O[Si](C)(C)C(C)(C)C)C(=O)C(C)(C)CS(=O)(=O)c3ccccc3)O2)cc1. The van der Waals surface area contributed by atoms with Gasteiger partial charge in [0.2, 0.25) is 0 Å². The molecule has 0 unspecified atom stereocenters. The van der Waals surface area contributed by atoms with Gasteiger partial charge < -0.3 is 27.5 Å². The molecule has 330 valence electrons. The second kappa shape index (κ2) is 18.3. The number of carbonyl (C=O) groups is 1. The van der Waals surface area contributed by atoms with Gasteiger partial charge in [-0.1, -0.05) is 106 Å². The predicted molar refractivity (Wildman–Crippen MR) is 244 cm³/mol. The van der Waals surface area contributed by atoms with Crippen LogP contribution in [0.5, 0.6) is 5.75 Å². The van der Waals surface area contributed by atoms with Crippen LogP contribution in [-0.4, -0.2) is 82.5 Å². The molecule has 13 heteroatoms. The quantitative estimate of drug-likeness (QED) is 0.144. The highest BCUT2D eigenvalue weighted by atomic mass is 32.2. The number of benzene rings is 2. The Morgan fingerprint density at radius 2 is 1.21 bits per heavy atom. The zero-order valence-corrected chi connectivity index (χ0v) is 43.2.